The molecule has 0 aromatic heterocycles. The van der Waals surface area contributed by atoms with Crippen molar-refractivity contribution in [3.05, 3.63) is 37.0 Å². The number of hydrogen-bond donors (Lipinski definition) is 3. The van der Waals surface area contributed by atoms with Crippen molar-refractivity contribution in [3.8, 4) is 0 Å². The average molecular weight is 407 g/mol. The first-order valence-corrected chi connectivity index (χ1v) is 10.9. The normalized spacial score (nSPS) is 24.4. The average Bonchev–Trinajstić information content (AvgIpc) is 2.97. The van der Waals surface area contributed by atoms with E-state index in [-0.39, 0.29) is 29.8 Å². The Bertz CT molecular complexity index is 580. The third-order valence-corrected chi connectivity index (χ3v) is 5.72. The van der Waals surface area contributed by atoms with E-state index in [1.54, 1.807) is 6.08 Å². The predicted octanol–water partition coefficient (Wildman–Crippen LogP) is 3.67. The van der Waals surface area contributed by atoms with Crippen LogP contribution in [0.1, 0.15) is 71.1 Å². The maximum atomic E-state index is 12.3. The molecule has 29 heavy (non-hydrogen) atoms. The van der Waals surface area contributed by atoms with Gasteiger partial charge in [0, 0.05) is 24.7 Å². The van der Waals surface area contributed by atoms with Gasteiger partial charge < -0.3 is 15.3 Å². The second kappa shape index (κ2) is 13.6. The van der Waals surface area contributed by atoms with E-state index in [2.05, 4.69) is 13.5 Å². The van der Waals surface area contributed by atoms with Gasteiger partial charge in [-0.3, -0.25) is 9.59 Å². The van der Waals surface area contributed by atoms with E-state index in [4.69, 9.17) is 5.11 Å². The number of allylic oxidation sites excluding steroid dienone is 2. The van der Waals surface area contributed by atoms with Crippen LogP contribution in [0, 0.1) is 11.8 Å². The molecular weight excluding hydrogens is 368 g/mol. The largest absolute Gasteiger partial charge is 0.392 e. The minimum atomic E-state index is -0.944. The Morgan fingerprint density at radius 2 is 2.00 bits per heavy atom. The van der Waals surface area contributed by atoms with Crippen molar-refractivity contribution in [2.45, 2.75) is 82.8 Å². The van der Waals surface area contributed by atoms with Crippen molar-refractivity contribution in [3.63, 3.8) is 0 Å². The fraction of sp³-hybridized carbons (Fsp3) is 0.667. The van der Waals surface area contributed by atoms with Crippen LogP contribution in [0.15, 0.2) is 37.0 Å². The van der Waals surface area contributed by atoms with E-state index in [9.17, 15) is 19.8 Å². The number of ketones is 2. The zero-order valence-corrected chi connectivity index (χ0v) is 17.8. The van der Waals surface area contributed by atoms with E-state index < -0.39 is 18.3 Å². The Labute approximate surface area is 175 Å². The molecule has 0 spiro atoms. The highest BCUT2D eigenvalue weighted by atomic mass is 16.3. The lowest BCUT2D eigenvalue weighted by Gasteiger charge is -2.23. The van der Waals surface area contributed by atoms with Crippen molar-refractivity contribution in [2.24, 2.45) is 11.8 Å². The number of aliphatic hydroxyl groups is 3. The molecule has 0 amide bonds. The summed E-state index contributed by atoms with van der Waals surface area (Å²) in [6.45, 7) is 5.46. The molecule has 4 atom stereocenters. The van der Waals surface area contributed by atoms with E-state index in [1.807, 2.05) is 24.3 Å². The monoisotopic (exact) mass is 406 g/mol. The summed E-state index contributed by atoms with van der Waals surface area (Å²) in [4.78, 5) is 23.3. The van der Waals surface area contributed by atoms with Crippen LogP contribution in [0.25, 0.3) is 0 Å². The molecule has 0 aromatic carbocycles. The van der Waals surface area contributed by atoms with E-state index in [0.717, 1.165) is 25.7 Å². The molecule has 1 aliphatic rings. The first kappa shape index (κ1) is 25.5. The molecule has 0 aromatic rings. The van der Waals surface area contributed by atoms with E-state index >= 15 is 0 Å². The minimum absolute atomic E-state index is 0.0641. The third kappa shape index (κ3) is 9.20. The van der Waals surface area contributed by atoms with Gasteiger partial charge in [-0.1, -0.05) is 56.6 Å². The molecule has 0 heterocycles. The van der Waals surface area contributed by atoms with Gasteiger partial charge in [-0.2, -0.15) is 0 Å². The highest BCUT2D eigenvalue weighted by Crippen LogP contribution is 2.34. The van der Waals surface area contributed by atoms with Crippen LogP contribution in [0.5, 0.6) is 0 Å². The Balaban J connectivity index is 2.56. The summed E-state index contributed by atoms with van der Waals surface area (Å²) in [6, 6.07) is 0. The first-order chi connectivity index (χ1) is 13.9. The Morgan fingerprint density at radius 3 is 2.66 bits per heavy atom. The Hall–Kier alpha value is -1.56. The van der Waals surface area contributed by atoms with Crippen LogP contribution in [-0.2, 0) is 9.59 Å². The lowest BCUT2D eigenvalue weighted by molar-refractivity contribution is -0.122. The standard InChI is InChI=1S/C24H38O5/c1-3-5-10-15-24(29,4-2)16-11-14-21-20(22(27)17-23(21)28)13-9-7-6-8-12-19(26)18-25/h4,7,9,11,14,20-21,23,25,28-29H,2-3,5-6,8,10,12-13,15-18H2,1H3/b9-7-,14-11+/t20-,21-,23-,24?/m1/s1. The highest BCUT2D eigenvalue weighted by Gasteiger charge is 2.39. The number of hydrogen-bond acceptors (Lipinski definition) is 5. The van der Waals surface area contributed by atoms with Gasteiger partial charge >= 0.3 is 0 Å². The fourth-order valence-corrected chi connectivity index (χ4v) is 3.78. The summed E-state index contributed by atoms with van der Waals surface area (Å²) < 4.78 is 0. The number of aliphatic hydroxyl groups excluding tert-OH is 2. The lowest BCUT2D eigenvalue weighted by Crippen LogP contribution is -2.25. The fourth-order valence-electron chi connectivity index (χ4n) is 3.78. The van der Waals surface area contributed by atoms with Crippen LogP contribution in [0.3, 0.4) is 0 Å². The molecule has 1 rings (SSSR count). The smallest absolute Gasteiger partial charge is 0.158 e. The van der Waals surface area contributed by atoms with Crippen LogP contribution >= 0.6 is 0 Å². The summed E-state index contributed by atoms with van der Waals surface area (Å²) in [5.74, 6) is -0.595. The molecule has 1 unspecified atom stereocenters. The summed E-state index contributed by atoms with van der Waals surface area (Å²) in [7, 11) is 0. The summed E-state index contributed by atoms with van der Waals surface area (Å²) in [6.07, 6.45) is 15.2. The molecule has 0 bridgehead atoms. The van der Waals surface area contributed by atoms with Crippen LogP contribution in [0.2, 0.25) is 0 Å². The van der Waals surface area contributed by atoms with Crippen molar-refractivity contribution in [2.75, 3.05) is 6.61 Å². The van der Waals surface area contributed by atoms with Gasteiger partial charge in [0.15, 0.2) is 5.78 Å². The summed E-state index contributed by atoms with van der Waals surface area (Å²) in [5, 5.41) is 29.6. The molecule has 164 valence electrons. The Morgan fingerprint density at radius 1 is 1.24 bits per heavy atom. The number of unbranched alkanes of at least 4 members (excludes halogenated alkanes) is 3. The second-order valence-electron chi connectivity index (χ2n) is 8.11. The summed E-state index contributed by atoms with van der Waals surface area (Å²) >= 11 is 0. The van der Waals surface area contributed by atoms with E-state index in [1.165, 1.54) is 0 Å². The number of Topliss-reactive ketones (excluding diaryl/α,β-unsaturated/α-hetero) is 2. The molecule has 3 N–H and O–H groups in total. The van der Waals surface area contributed by atoms with Gasteiger partial charge in [-0.15, -0.1) is 6.58 Å². The molecular formula is C24H38O5. The van der Waals surface area contributed by atoms with Gasteiger partial charge in [0.05, 0.1) is 11.7 Å². The molecule has 1 fully saturated rings. The summed E-state index contributed by atoms with van der Waals surface area (Å²) in [5.41, 5.74) is -0.944. The number of carbonyl (C=O) groups excluding carboxylic acids is 2. The quantitative estimate of drug-likeness (QED) is 0.285. The second-order valence-corrected chi connectivity index (χ2v) is 8.11. The molecule has 5 nitrogen and oxygen atoms in total. The van der Waals surface area contributed by atoms with Crippen LogP contribution in [-0.4, -0.2) is 45.2 Å². The molecule has 0 aliphatic heterocycles. The van der Waals surface area contributed by atoms with Gasteiger partial charge in [-0.05, 0) is 32.1 Å². The first-order valence-electron chi connectivity index (χ1n) is 10.9. The zero-order valence-electron chi connectivity index (χ0n) is 17.8. The molecule has 0 saturated heterocycles. The maximum Gasteiger partial charge on any atom is 0.158 e. The van der Waals surface area contributed by atoms with Crippen molar-refractivity contribution >= 4 is 11.6 Å². The zero-order chi connectivity index (χ0) is 21.7. The maximum absolute atomic E-state index is 12.3. The van der Waals surface area contributed by atoms with Crippen LogP contribution in [0.4, 0.5) is 0 Å². The van der Waals surface area contributed by atoms with Crippen molar-refractivity contribution in [1.82, 2.24) is 0 Å². The van der Waals surface area contributed by atoms with Gasteiger partial charge in [-0.25, -0.2) is 0 Å². The SMILES string of the molecule is C=CC(O)(C/C=C/[C@H]1[C@H](O)CC(=O)[C@@H]1C/C=C\CCCC(=O)CO)CCCCC. The van der Waals surface area contributed by atoms with E-state index in [0.29, 0.717) is 32.1 Å². The van der Waals surface area contributed by atoms with Crippen LogP contribution < -0.4 is 0 Å². The van der Waals surface area contributed by atoms with Gasteiger partial charge in [0.25, 0.3) is 0 Å². The number of rotatable bonds is 15. The molecule has 5 heteroatoms. The molecule has 0 radical (unpaired) electrons. The lowest BCUT2D eigenvalue weighted by atomic mass is 9.88. The third-order valence-electron chi connectivity index (χ3n) is 5.72. The minimum Gasteiger partial charge on any atom is -0.392 e. The molecule has 1 saturated carbocycles. The van der Waals surface area contributed by atoms with Gasteiger partial charge in [0.2, 0.25) is 0 Å². The Kier molecular flexibility index (Phi) is 12.0. The van der Waals surface area contributed by atoms with Crippen molar-refractivity contribution < 1.29 is 24.9 Å². The van der Waals surface area contributed by atoms with Crippen molar-refractivity contribution in [1.29, 1.82) is 0 Å². The van der Waals surface area contributed by atoms with Gasteiger partial charge in [0.1, 0.15) is 12.4 Å². The predicted molar refractivity (Wildman–Crippen MR) is 115 cm³/mol. The number of carbonyl (C=O) groups is 2. The highest BCUT2D eigenvalue weighted by molar-refractivity contribution is 5.84. The molecule has 1 aliphatic carbocycles. The topological polar surface area (TPSA) is 94.8 Å².